The number of methoxy groups -OCH3 is 1. The lowest BCUT2D eigenvalue weighted by Gasteiger charge is -2.23. The van der Waals surface area contributed by atoms with Crippen LogP contribution in [-0.4, -0.2) is 64.3 Å². The number of aliphatic imine (C=N–C) groups is 1. The van der Waals surface area contributed by atoms with Gasteiger partial charge in [0.15, 0.2) is 5.96 Å². The molecule has 146 valence electrons. The largest absolute Gasteiger partial charge is 0.384 e. The maximum atomic E-state index is 5.30. The van der Waals surface area contributed by atoms with Crippen LogP contribution in [0.4, 0.5) is 5.69 Å². The molecule has 1 aromatic rings. The van der Waals surface area contributed by atoms with Crippen LogP contribution in [0.3, 0.4) is 0 Å². The fraction of sp³-hybridized carbons (Fsp3) is 0.632. The van der Waals surface area contributed by atoms with Gasteiger partial charge < -0.3 is 19.9 Å². The number of rotatable bonds is 5. The number of anilines is 1. The summed E-state index contributed by atoms with van der Waals surface area (Å²) in [6.07, 6.45) is 2.41. The summed E-state index contributed by atoms with van der Waals surface area (Å²) in [5, 5.41) is 3.60. The van der Waals surface area contributed by atoms with Gasteiger partial charge in [0.1, 0.15) is 0 Å². The number of nitrogens with zero attached hydrogens (tertiary/aromatic N) is 3. The van der Waals surface area contributed by atoms with E-state index in [0.717, 1.165) is 49.8 Å². The molecule has 3 rings (SSSR count). The molecule has 0 aromatic heterocycles. The van der Waals surface area contributed by atoms with E-state index in [0.29, 0.717) is 11.8 Å². The van der Waals surface area contributed by atoms with Crippen molar-refractivity contribution in [1.82, 2.24) is 10.2 Å². The van der Waals surface area contributed by atoms with E-state index in [4.69, 9.17) is 4.74 Å². The van der Waals surface area contributed by atoms with Crippen LogP contribution in [0.15, 0.2) is 33.7 Å². The predicted molar refractivity (Wildman–Crippen MR) is 123 cm³/mol. The number of guanidine groups is 1. The van der Waals surface area contributed by atoms with Crippen molar-refractivity contribution >= 4 is 51.6 Å². The SMILES string of the molecule is CN=C(NCC1CCN(c2cccc(Br)c2)C1)N1CCC(COC)C1.I. The second-order valence-corrected chi connectivity index (χ2v) is 7.98. The van der Waals surface area contributed by atoms with Crippen LogP contribution in [0, 0.1) is 11.8 Å². The molecule has 0 bridgehead atoms. The molecule has 2 fully saturated rings. The third kappa shape index (κ3) is 5.73. The normalized spacial score (nSPS) is 23.3. The third-order valence-corrected chi connectivity index (χ3v) is 5.70. The van der Waals surface area contributed by atoms with Crippen molar-refractivity contribution in [1.29, 1.82) is 0 Å². The summed E-state index contributed by atoms with van der Waals surface area (Å²) in [6, 6.07) is 8.58. The molecule has 1 N–H and O–H groups in total. The monoisotopic (exact) mass is 536 g/mol. The first-order valence-electron chi connectivity index (χ1n) is 9.14. The molecule has 7 heteroatoms. The minimum absolute atomic E-state index is 0. The van der Waals surface area contributed by atoms with E-state index in [2.05, 4.69) is 60.3 Å². The Bertz CT molecular complexity index is 601. The average Bonchev–Trinajstić information content (AvgIpc) is 3.26. The molecule has 1 aromatic carbocycles. The molecule has 2 atom stereocenters. The molecule has 0 amide bonds. The van der Waals surface area contributed by atoms with Gasteiger partial charge in [0.05, 0.1) is 6.61 Å². The Kier molecular flexibility index (Phi) is 8.96. The summed E-state index contributed by atoms with van der Waals surface area (Å²) >= 11 is 3.57. The fourth-order valence-electron chi connectivity index (χ4n) is 3.87. The Labute approximate surface area is 182 Å². The highest BCUT2D eigenvalue weighted by Crippen LogP contribution is 2.26. The first-order valence-corrected chi connectivity index (χ1v) is 9.94. The van der Waals surface area contributed by atoms with E-state index in [1.165, 1.54) is 18.5 Å². The summed E-state index contributed by atoms with van der Waals surface area (Å²) in [5.41, 5.74) is 1.31. The molecular formula is C19H30BrIN4O. The van der Waals surface area contributed by atoms with Crippen molar-refractivity contribution in [2.24, 2.45) is 16.8 Å². The fourth-order valence-corrected chi connectivity index (χ4v) is 4.26. The van der Waals surface area contributed by atoms with Crippen molar-refractivity contribution in [3.8, 4) is 0 Å². The predicted octanol–water partition coefficient (Wildman–Crippen LogP) is 3.44. The minimum Gasteiger partial charge on any atom is -0.384 e. The highest BCUT2D eigenvalue weighted by Gasteiger charge is 2.27. The second kappa shape index (κ2) is 10.7. The Morgan fingerprint density at radius 2 is 2.08 bits per heavy atom. The first kappa shape index (κ1) is 21.8. The topological polar surface area (TPSA) is 40.1 Å². The Morgan fingerprint density at radius 3 is 2.81 bits per heavy atom. The minimum atomic E-state index is 0. The molecule has 2 unspecified atom stereocenters. The summed E-state index contributed by atoms with van der Waals surface area (Å²) in [6.45, 7) is 6.18. The summed E-state index contributed by atoms with van der Waals surface area (Å²) < 4.78 is 6.44. The molecule has 0 radical (unpaired) electrons. The van der Waals surface area contributed by atoms with Crippen molar-refractivity contribution in [3.63, 3.8) is 0 Å². The van der Waals surface area contributed by atoms with Crippen LogP contribution in [-0.2, 0) is 4.74 Å². The van der Waals surface area contributed by atoms with Crippen LogP contribution in [0.2, 0.25) is 0 Å². The molecule has 0 spiro atoms. The van der Waals surface area contributed by atoms with E-state index in [-0.39, 0.29) is 24.0 Å². The number of ether oxygens (including phenoxy) is 1. The van der Waals surface area contributed by atoms with Crippen molar-refractivity contribution < 1.29 is 4.74 Å². The van der Waals surface area contributed by atoms with Gasteiger partial charge in [-0.25, -0.2) is 0 Å². The van der Waals surface area contributed by atoms with Gasteiger partial charge in [-0.05, 0) is 37.0 Å². The van der Waals surface area contributed by atoms with Crippen molar-refractivity contribution in [2.45, 2.75) is 12.8 Å². The molecule has 2 aliphatic rings. The second-order valence-electron chi connectivity index (χ2n) is 7.06. The maximum absolute atomic E-state index is 5.30. The maximum Gasteiger partial charge on any atom is 0.193 e. The standard InChI is InChI=1S/C19H29BrN4O.HI/c1-21-19(24-9-7-16(13-24)14-25-2)22-11-15-6-8-23(12-15)18-5-3-4-17(20)10-18;/h3-5,10,15-16H,6-9,11-14H2,1-2H3,(H,21,22);1H. The Hall–Kier alpha value is -0.540. The molecule has 2 saturated heterocycles. The number of hydrogen-bond acceptors (Lipinski definition) is 3. The van der Waals surface area contributed by atoms with E-state index in [9.17, 15) is 0 Å². The Balaban J connectivity index is 0.00000243. The highest BCUT2D eigenvalue weighted by molar-refractivity contribution is 14.0. The van der Waals surface area contributed by atoms with Gasteiger partial charge >= 0.3 is 0 Å². The molecular weight excluding hydrogens is 507 g/mol. The van der Waals surface area contributed by atoms with Gasteiger partial charge in [-0.3, -0.25) is 4.99 Å². The van der Waals surface area contributed by atoms with E-state index in [1.807, 2.05) is 7.05 Å². The molecule has 2 heterocycles. The number of likely N-dealkylation sites (tertiary alicyclic amines) is 1. The zero-order valence-electron chi connectivity index (χ0n) is 15.7. The summed E-state index contributed by atoms with van der Waals surface area (Å²) in [7, 11) is 3.67. The molecule has 0 aliphatic carbocycles. The van der Waals surface area contributed by atoms with Crippen LogP contribution in [0.1, 0.15) is 12.8 Å². The van der Waals surface area contributed by atoms with E-state index < -0.39 is 0 Å². The zero-order valence-corrected chi connectivity index (χ0v) is 19.6. The van der Waals surface area contributed by atoms with Crippen molar-refractivity contribution in [2.75, 3.05) is 58.4 Å². The number of hydrogen-bond donors (Lipinski definition) is 1. The van der Waals surface area contributed by atoms with Gasteiger partial charge in [-0.15, -0.1) is 24.0 Å². The first-order chi connectivity index (χ1) is 12.2. The van der Waals surface area contributed by atoms with Gasteiger partial charge in [0.2, 0.25) is 0 Å². The van der Waals surface area contributed by atoms with Crippen LogP contribution < -0.4 is 10.2 Å². The lowest BCUT2D eigenvalue weighted by molar-refractivity contribution is 0.157. The molecule has 2 aliphatic heterocycles. The van der Waals surface area contributed by atoms with Crippen LogP contribution in [0.25, 0.3) is 0 Å². The van der Waals surface area contributed by atoms with Gasteiger partial charge in [0, 0.05) is 63.0 Å². The van der Waals surface area contributed by atoms with E-state index in [1.54, 1.807) is 7.11 Å². The number of nitrogens with one attached hydrogen (secondary N) is 1. The van der Waals surface area contributed by atoms with E-state index >= 15 is 0 Å². The van der Waals surface area contributed by atoms with Gasteiger partial charge in [0.25, 0.3) is 0 Å². The van der Waals surface area contributed by atoms with Crippen molar-refractivity contribution in [3.05, 3.63) is 28.7 Å². The Morgan fingerprint density at radius 1 is 1.27 bits per heavy atom. The lowest BCUT2D eigenvalue weighted by atomic mass is 10.1. The van der Waals surface area contributed by atoms with Crippen LogP contribution >= 0.6 is 39.9 Å². The molecule has 5 nitrogen and oxygen atoms in total. The highest BCUT2D eigenvalue weighted by atomic mass is 127. The molecule has 26 heavy (non-hydrogen) atoms. The van der Waals surface area contributed by atoms with Gasteiger partial charge in [-0.1, -0.05) is 22.0 Å². The van der Waals surface area contributed by atoms with Gasteiger partial charge in [-0.2, -0.15) is 0 Å². The lowest BCUT2D eigenvalue weighted by Crippen LogP contribution is -2.42. The summed E-state index contributed by atoms with van der Waals surface area (Å²) in [4.78, 5) is 9.33. The third-order valence-electron chi connectivity index (χ3n) is 5.21. The number of halogens is 2. The smallest absolute Gasteiger partial charge is 0.193 e. The average molecular weight is 537 g/mol. The quantitative estimate of drug-likeness (QED) is 0.355. The summed E-state index contributed by atoms with van der Waals surface area (Å²) in [5.74, 6) is 2.33. The zero-order chi connectivity index (χ0) is 17.6. The number of benzene rings is 1. The van der Waals surface area contributed by atoms with Crippen LogP contribution in [0.5, 0.6) is 0 Å². The molecule has 0 saturated carbocycles.